The number of hydrogen-bond acceptors (Lipinski definition) is 11. The number of carbonyl (C=O) groups excluding carboxylic acids is 2. The largest absolute Gasteiger partial charge is 0.493 e. The number of benzene rings is 3. The number of likely N-dealkylation sites (tertiary alicyclic amines) is 2. The number of hydrogen-bond donors (Lipinski definition) is 4. The van der Waals surface area contributed by atoms with Crippen molar-refractivity contribution < 1.29 is 33.3 Å². The van der Waals surface area contributed by atoms with Gasteiger partial charge in [-0.1, -0.05) is 0 Å². The highest BCUT2D eigenvalue weighted by Gasteiger charge is 2.24. The van der Waals surface area contributed by atoms with Crippen molar-refractivity contribution in [3.8, 4) is 34.5 Å². The van der Waals surface area contributed by atoms with Crippen molar-refractivity contribution in [1.82, 2.24) is 20.1 Å². The smallest absolute Gasteiger partial charge is 0.323 e. The fourth-order valence-corrected chi connectivity index (χ4v) is 6.87. The fourth-order valence-electron chi connectivity index (χ4n) is 6.87. The molecule has 0 aliphatic carbocycles. The number of amides is 3. The van der Waals surface area contributed by atoms with Gasteiger partial charge in [0.25, 0.3) is 5.91 Å². The summed E-state index contributed by atoms with van der Waals surface area (Å²) in [6, 6.07) is 18.9. The number of carbonyl (C=O) groups is 2. The van der Waals surface area contributed by atoms with Crippen LogP contribution in [-0.4, -0.2) is 100 Å². The molecule has 1 unspecified atom stereocenters. The van der Waals surface area contributed by atoms with E-state index in [0.717, 1.165) is 69.1 Å². The second-order valence-electron chi connectivity index (χ2n) is 13.6. The normalized spacial score (nSPS) is 15.7. The summed E-state index contributed by atoms with van der Waals surface area (Å²) in [5, 5.41) is 8.22. The summed E-state index contributed by atoms with van der Waals surface area (Å²) < 4.78 is 29.3. The number of ether oxygens (including phenoxy) is 5. The first-order valence-electron chi connectivity index (χ1n) is 18.7. The highest BCUT2D eigenvalue weighted by Crippen LogP contribution is 2.35. The van der Waals surface area contributed by atoms with Crippen LogP contribution in [0.25, 0.3) is 0 Å². The van der Waals surface area contributed by atoms with Crippen molar-refractivity contribution in [3.63, 3.8) is 0 Å². The van der Waals surface area contributed by atoms with Gasteiger partial charge < -0.3 is 45.4 Å². The van der Waals surface area contributed by atoms with Crippen LogP contribution in [0, 0.1) is 5.92 Å². The molecule has 4 aromatic rings. The number of pyridine rings is 1. The van der Waals surface area contributed by atoms with E-state index in [1.54, 1.807) is 68.8 Å². The van der Waals surface area contributed by atoms with Gasteiger partial charge in [-0.15, -0.1) is 0 Å². The van der Waals surface area contributed by atoms with Crippen LogP contribution in [0.15, 0.2) is 72.9 Å². The van der Waals surface area contributed by atoms with E-state index >= 15 is 0 Å². The Balaban J connectivity index is 0.949. The highest BCUT2D eigenvalue weighted by molar-refractivity contribution is 6.00. The maximum atomic E-state index is 12.9. The first-order valence-corrected chi connectivity index (χ1v) is 18.7. The summed E-state index contributed by atoms with van der Waals surface area (Å²) in [6.45, 7) is 6.92. The van der Waals surface area contributed by atoms with Gasteiger partial charge in [-0.05, 0) is 105 Å². The van der Waals surface area contributed by atoms with Gasteiger partial charge in [0.05, 0.1) is 14.2 Å². The fraction of sp³-hybridized carbons (Fsp3) is 0.390. The van der Waals surface area contributed by atoms with Gasteiger partial charge >= 0.3 is 6.03 Å². The van der Waals surface area contributed by atoms with Crippen LogP contribution in [-0.2, 0) is 6.42 Å². The Kier molecular flexibility index (Phi) is 13.5. The Hall–Kier alpha value is -5.73. The molecule has 14 heteroatoms. The second kappa shape index (κ2) is 19.0. The Morgan fingerprint density at radius 2 is 1.47 bits per heavy atom. The summed E-state index contributed by atoms with van der Waals surface area (Å²) in [5.41, 5.74) is 9.69. The molecule has 55 heavy (non-hydrogen) atoms. The number of nitrogens with zero attached hydrogens (tertiary/aromatic N) is 3. The summed E-state index contributed by atoms with van der Waals surface area (Å²) in [5.74, 6) is 3.68. The van der Waals surface area contributed by atoms with E-state index in [-0.39, 0.29) is 11.6 Å². The molecule has 14 nitrogen and oxygen atoms in total. The first-order chi connectivity index (χ1) is 26.8. The van der Waals surface area contributed by atoms with Crippen molar-refractivity contribution in [2.75, 3.05) is 90.1 Å². The molecule has 6 rings (SSSR count). The molecular weight excluding hydrogens is 702 g/mol. The van der Waals surface area contributed by atoms with E-state index in [2.05, 4.69) is 30.7 Å². The summed E-state index contributed by atoms with van der Waals surface area (Å²) in [6.07, 6.45) is 5.95. The number of anilines is 3. The van der Waals surface area contributed by atoms with Crippen LogP contribution in [0.2, 0.25) is 0 Å². The minimum Gasteiger partial charge on any atom is -0.493 e. The van der Waals surface area contributed by atoms with E-state index in [1.165, 1.54) is 26.1 Å². The quantitative estimate of drug-likeness (QED) is 0.0952. The summed E-state index contributed by atoms with van der Waals surface area (Å²) >= 11 is 0. The van der Waals surface area contributed by atoms with Gasteiger partial charge in [0, 0.05) is 68.1 Å². The van der Waals surface area contributed by atoms with Gasteiger partial charge in [0.2, 0.25) is 0 Å². The van der Waals surface area contributed by atoms with Crippen molar-refractivity contribution in [3.05, 3.63) is 84.2 Å². The first kappa shape index (κ1) is 39.0. The van der Waals surface area contributed by atoms with Gasteiger partial charge in [0.15, 0.2) is 23.0 Å². The number of nitrogens with two attached hydrogens (primary N) is 1. The van der Waals surface area contributed by atoms with E-state index < -0.39 is 6.03 Å². The molecule has 3 amide bonds. The molecular formula is C41H51N7O7. The molecule has 1 aromatic heterocycles. The minimum absolute atomic E-state index is 0.248. The topological polar surface area (TPSA) is 162 Å². The Labute approximate surface area is 322 Å². The molecule has 0 spiro atoms. The molecule has 1 atom stereocenters. The molecule has 3 heterocycles. The predicted molar refractivity (Wildman–Crippen MR) is 212 cm³/mol. The maximum Gasteiger partial charge on any atom is 0.323 e. The van der Waals surface area contributed by atoms with Crippen LogP contribution in [0.1, 0.15) is 35.3 Å². The van der Waals surface area contributed by atoms with Crippen molar-refractivity contribution in [1.29, 1.82) is 0 Å². The average Bonchev–Trinajstić information content (AvgIpc) is 3.89. The van der Waals surface area contributed by atoms with E-state index in [9.17, 15) is 9.59 Å². The predicted octanol–water partition coefficient (Wildman–Crippen LogP) is 5.89. The van der Waals surface area contributed by atoms with E-state index in [1.807, 2.05) is 12.1 Å². The third-order valence-electron chi connectivity index (χ3n) is 9.79. The lowest BCUT2D eigenvalue weighted by atomic mass is 9.97. The lowest BCUT2D eigenvalue weighted by Gasteiger charge is -2.19. The number of urea groups is 1. The zero-order valence-electron chi connectivity index (χ0n) is 31.8. The van der Waals surface area contributed by atoms with Crippen molar-refractivity contribution >= 4 is 29.0 Å². The second-order valence-corrected chi connectivity index (χ2v) is 13.6. The van der Waals surface area contributed by atoms with Crippen molar-refractivity contribution in [2.45, 2.75) is 25.7 Å². The summed E-state index contributed by atoms with van der Waals surface area (Å²) in [7, 11) is 4.80. The summed E-state index contributed by atoms with van der Waals surface area (Å²) in [4.78, 5) is 33.6. The molecule has 0 bridgehead atoms. The standard InChI is InChI=1S/C41H51N7O7/c1-43-40(49)35-25-33(12-14-44-35)55-32-9-6-30(7-10-32)45-41(50)46-31-8-11-36(51-2)38(24-31)53-21-19-48-17-13-28(27-48)22-29-23-37(52-3)39(26-34(29)42)54-20-18-47-15-4-5-16-47/h6-12,14,23-26,28H,4-5,13,15-22,27,42H2,1-3H3,(H,43,49)(H2,45,46,50). The maximum absolute atomic E-state index is 12.9. The molecule has 0 radical (unpaired) electrons. The van der Waals surface area contributed by atoms with Gasteiger partial charge in [-0.25, -0.2) is 4.79 Å². The Bertz CT molecular complexity index is 1900. The lowest BCUT2D eigenvalue weighted by Crippen LogP contribution is -2.26. The minimum atomic E-state index is -0.421. The highest BCUT2D eigenvalue weighted by atomic mass is 16.5. The van der Waals surface area contributed by atoms with Gasteiger partial charge in [0.1, 0.15) is 30.4 Å². The van der Waals surface area contributed by atoms with Crippen molar-refractivity contribution in [2.24, 2.45) is 5.92 Å². The monoisotopic (exact) mass is 753 g/mol. The molecule has 3 aromatic carbocycles. The van der Waals surface area contributed by atoms with E-state index in [0.29, 0.717) is 59.3 Å². The Morgan fingerprint density at radius 1 is 0.782 bits per heavy atom. The van der Waals surface area contributed by atoms with E-state index in [4.69, 9.17) is 29.4 Å². The third-order valence-corrected chi connectivity index (χ3v) is 9.79. The zero-order chi connectivity index (χ0) is 38.6. The molecule has 292 valence electrons. The lowest BCUT2D eigenvalue weighted by molar-refractivity contribution is 0.0957. The molecule has 5 N–H and O–H groups in total. The van der Waals surface area contributed by atoms with Crippen LogP contribution in [0.4, 0.5) is 21.9 Å². The van der Waals surface area contributed by atoms with Crippen LogP contribution >= 0.6 is 0 Å². The third kappa shape index (κ3) is 10.9. The Morgan fingerprint density at radius 3 is 2.20 bits per heavy atom. The average molecular weight is 754 g/mol. The molecule has 2 aliphatic heterocycles. The molecule has 0 saturated carbocycles. The number of nitrogens with one attached hydrogen (secondary N) is 3. The SMILES string of the molecule is CNC(=O)c1cc(Oc2ccc(NC(=O)Nc3ccc(OC)c(OCCN4CCC(Cc5cc(OC)c(OCCN6CCCC6)cc5N)C4)c3)cc2)ccn1. The number of rotatable bonds is 17. The van der Waals surface area contributed by atoms with Gasteiger partial charge in [-0.2, -0.15) is 0 Å². The zero-order valence-corrected chi connectivity index (χ0v) is 31.8. The van der Waals surface area contributed by atoms with Crippen LogP contribution in [0.3, 0.4) is 0 Å². The number of nitrogen functional groups attached to an aromatic ring is 1. The van der Waals surface area contributed by atoms with Gasteiger partial charge in [-0.3, -0.25) is 19.6 Å². The number of methoxy groups -OCH3 is 2. The van der Waals surface area contributed by atoms with Crippen LogP contribution in [0.5, 0.6) is 34.5 Å². The molecule has 2 saturated heterocycles. The van der Waals surface area contributed by atoms with Crippen LogP contribution < -0.4 is 45.4 Å². The molecule has 2 fully saturated rings. The molecule has 2 aliphatic rings. The number of aromatic nitrogens is 1.